The summed E-state index contributed by atoms with van der Waals surface area (Å²) in [6, 6.07) is 1.21. The first-order chi connectivity index (χ1) is 59.9. The molecule has 0 aliphatic carbocycles. The van der Waals surface area contributed by atoms with Gasteiger partial charge in [-0.2, -0.15) is 0 Å². The summed E-state index contributed by atoms with van der Waals surface area (Å²) in [6.07, 6.45) is 25.3. The van der Waals surface area contributed by atoms with E-state index in [1.165, 1.54) is 0 Å². The monoisotopic (exact) mass is 1850 g/mol. The Morgan fingerprint density at radius 2 is 0.530 bits per heavy atom. The van der Waals surface area contributed by atoms with E-state index in [4.69, 9.17) is 29.7 Å². The molecule has 27 heteroatoms. The van der Waals surface area contributed by atoms with Crippen molar-refractivity contribution >= 4 is 17.5 Å². The highest BCUT2D eigenvalue weighted by atomic mass is 16.8. The molecule has 12 aliphatic heterocycles. The summed E-state index contributed by atoms with van der Waals surface area (Å²) in [5.74, 6) is 5.54. The number of nitrogens with zero attached hydrogens (tertiary/aromatic N) is 19. The van der Waals surface area contributed by atoms with Gasteiger partial charge in [0.25, 0.3) is 0 Å². The largest absolute Gasteiger partial charge is 0.368 e. The van der Waals surface area contributed by atoms with Crippen molar-refractivity contribution in [1.29, 1.82) is 0 Å². The van der Waals surface area contributed by atoms with Crippen molar-refractivity contribution < 1.29 is 14.5 Å². The second-order valence-corrected chi connectivity index (χ2v) is 55.4. The zero-order valence-electron chi connectivity index (χ0n) is 93.1. The predicted octanol–water partition coefficient (Wildman–Crippen LogP) is 16.7. The molecular weight excluding hydrogens is 1650 g/mol. The Morgan fingerprint density at radius 1 is 0.295 bits per heavy atom. The molecule has 0 spiro atoms. The van der Waals surface area contributed by atoms with Crippen LogP contribution in [-0.4, -0.2) is 341 Å². The molecule has 0 amide bonds. The number of hydrazine groups is 4. The molecule has 12 aliphatic rings. The molecule has 0 aromatic rings. The highest BCUT2D eigenvalue weighted by molar-refractivity contribution is 5.95. The molecule has 0 saturated carbocycles. The summed E-state index contributed by atoms with van der Waals surface area (Å²) < 4.78 is 0. The molecule has 0 bridgehead atoms. The number of aliphatic imine (C=N–C) groups is 1. The number of hydrazone groups is 2. The van der Waals surface area contributed by atoms with E-state index in [-0.39, 0.29) is 154 Å². The Balaban J connectivity index is 0.979. The van der Waals surface area contributed by atoms with Crippen LogP contribution in [0, 0.1) is 0 Å². The minimum absolute atomic E-state index is 0.0706. The van der Waals surface area contributed by atoms with Crippen LogP contribution in [0.25, 0.3) is 0 Å². The van der Waals surface area contributed by atoms with Crippen LogP contribution in [-0.2, 0) is 14.5 Å². The average molecular weight is 1850 g/mol. The molecule has 5 N–H and O–H groups in total. The first-order valence-electron chi connectivity index (χ1n) is 51.7. The number of nitrogens with one attached hydrogen (secondary N) is 5. The number of rotatable bonds is 23. The topological polar surface area (TPSA) is 177 Å². The van der Waals surface area contributed by atoms with E-state index in [9.17, 15) is 0 Å². The van der Waals surface area contributed by atoms with Gasteiger partial charge >= 0.3 is 0 Å². The maximum absolute atomic E-state index is 7.58. The van der Waals surface area contributed by atoms with Crippen molar-refractivity contribution in [2.45, 2.75) is 532 Å². The summed E-state index contributed by atoms with van der Waals surface area (Å²) in [5.41, 5.74) is 14.1. The zero-order valence-corrected chi connectivity index (χ0v) is 93.1. The molecule has 758 valence electrons. The van der Waals surface area contributed by atoms with Crippen molar-refractivity contribution in [2.75, 3.05) is 89.6 Å². The minimum Gasteiger partial charge on any atom is -0.368 e. The van der Waals surface area contributed by atoms with Crippen LogP contribution in [0.15, 0.2) is 50.9 Å². The van der Waals surface area contributed by atoms with Crippen LogP contribution in [0.4, 0.5) is 0 Å². The fraction of sp³-hybridized carbons (Fsp3) is 0.914. The molecule has 0 radical (unpaired) electrons. The molecule has 9 saturated heterocycles. The third-order valence-corrected chi connectivity index (χ3v) is 37.6. The molecule has 0 aromatic heterocycles. The van der Waals surface area contributed by atoms with E-state index in [1.54, 1.807) is 5.28 Å². The lowest BCUT2D eigenvalue weighted by atomic mass is 9.73. The summed E-state index contributed by atoms with van der Waals surface area (Å²) in [5, 5.41) is 20.8. The highest BCUT2D eigenvalue weighted by Crippen LogP contribution is 2.52. The van der Waals surface area contributed by atoms with Gasteiger partial charge in [0.15, 0.2) is 11.7 Å². The van der Waals surface area contributed by atoms with E-state index in [0.717, 1.165) is 163 Å². The fourth-order valence-electron chi connectivity index (χ4n) is 28.1. The Hall–Kier alpha value is -4.49. The van der Waals surface area contributed by atoms with Crippen molar-refractivity contribution in [2.24, 2.45) is 15.2 Å². The molecule has 12 heterocycles. The molecular formula is C105H200N24O3. The smallest absolute Gasteiger partial charge is 0.156 e. The maximum Gasteiger partial charge on any atom is 0.156 e. The minimum atomic E-state index is -0.141. The van der Waals surface area contributed by atoms with Crippen molar-refractivity contribution in [3.63, 3.8) is 0 Å². The lowest BCUT2D eigenvalue weighted by molar-refractivity contribution is -0.272. The van der Waals surface area contributed by atoms with E-state index < -0.39 is 0 Å². The number of likely N-dealkylation sites (tertiary alicyclic amines) is 9. The molecule has 132 heavy (non-hydrogen) atoms. The number of hydrogen-bond acceptors (Lipinski definition) is 26. The summed E-state index contributed by atoms with van der Waals surface area (Å²) in [4.78, 5) is 62.6. The van der Waals surface area contributed by atoms with Gasteiger partial charge in [-0.1, -0.05) is 10.6 Å². The number of piperidine rings is 9. The SMILES string of the molecule is CN1C(C)(C)CC(ON2N=C(NCCCN(CCCN=C3C=C(N(C4CC(C)(C)N(C)C(C)(C)C4)C4CC(C)(C)N(C)C(C)(C)C4)NN(OC4CC(C)(C)N(C)C(C)(C)C4)N3)C3=NN(OC4CC(C)(C)N(C)C(C)(C)C4)NC(N(C4CC(C)(C)N(C)C(C)(C)C4)C4CC(C)(C)N(C)C(C)(C)C4)=C3)C=C(N(C3CC(C)(C)N(C)C(C)(C)C3)C3CC(C)(C)N(C)C(C)(C)C3)N2)CC1(C)C. The summed E-state index contributed by atoms with van der Waals surface area (Å²) in [7, 11) is 20.9. The van der Waals surface area contributed by atoms with Gasteiger partial charge in [-0.25, -0.2) is 20.5 Å². The molecule has 0 atom stereocenters. The van der Waals surface area contributed by atoms with Crippen LogP contribution in [0.5, 0.6) is 0 Å². The molecule has 0 aromatic carbocycles. The Morgan fingerprint density at radius 3 is 0.811 bits per heavy atom. The van der Waals surface area contributed by atoms with Gasteiger partial charge in [-0.3, -0.25) is 64.8 Å². The Bertz CT molecular complexity index is 3940. The molecule has 12 rings (SSSR count). The zero-order chi connectivity index (χ0) is 98.8. The first kappa shape index (κ1) is 106. The van der Waals surface area contributed by atoms with Gasteiger partial charge < -0.3 is 24.9 Å². The molecule has 9 fully saturated rings. The Kier molecular flexibility index (Phi) is 29.2. The van der Waals surface area contributed by atoms with Crippen LogP contribution in [0.3, 0.4) is 0 Å². The van der Waals surface area contributed by atoms with E-state index in [0.29, 0.717) is 26.2 Å². The van der Waals surface area contributed by atoms with Gasteiger partial charge in [0, 0.05) is 180 Å². The maximum atomic E-state index is 7.58. The van der Waals surface area contributed by atoms with Crippen LogP contribution >= 0.6 is 0 Å². The summed E-state index contributed by atoms with van der Waals surface area (Å²) in [6.45, 7) is 89.9. The first-order valence-corrected chi connectivity index (χ1v) is 51.7. The second kappa shape index (κ2) is 36.2. The van der Waals surface area contributed by atoms with Gasteiger partial charge in [0.2, 0.25) is 0 Å². The predicted molar refractivity (Wildman–Crippen MR) is 548 cm³/mol. The van der Waals surface area contributed by atoms with Crippen LogP contribution in [0.2, 0.25) is 0 Å². The fourth-order valence-corrected chi connectivity index (χ4v) is 28.1. The third kappa shape index (κ3) is 22.3. The van der Waals surface area contributed by atoms with Crippen molar-refractivity contribution in [3.05, 3.63) is 35.7 Å². The third-order valence-electron chi connectivity index (χ3n) is 37.6. The average Bonchev–Trinajstić information content (AvgIpc) is 0.742. The molecule has 27 nitrogen and oxygen atoms in total. The molecule has 0 unspecified atom stereocenters. The van der Waals surface area contributed by atoms with Crippen molar-refractivity contribution in [1.82, 2.24) is 107 Å². The quantitative estimate of drug-likeness (QED) is 0.0610. The van der Waals surface area contributed by atoms with E-state index >= 15 is 0 Å². The van der Waals surface area contributed by atoms with Gasteiger partial charge in [0.05, 0.1) is 18.3 Å². The highest BCUT2D eigenvalue weighted by Gasteiger charge is 2.58. The van der Waals surface area contributed by atoms with Crippen LogP contribution < -0.4 is 27.0 Å². The van der Waals surface area contributed by atoms with Gasteiger partial charge in [-0.15, -0.1) is 10.2 Å². The lowest BCUT2D eigenvalue weighted by Gasteiger charge is -2.61. The normalized spacial score (nSPS) is 30.2. The number of hydrogen-bond donors (Lipinski definition) is 5. The van der Waals surface area contributed by atoms with Gasteiger partial charge in [0.1, 0.15) is 23.3 Å². The standard InChI is InChI=1S/C105H200N24O3/c1-88(2)55-73(56-89(3,4)114(88)37)124(74-57-90(5,6)115(38)91(7,8)58-74)85-52-82(108-127(111-85)130-79-67-100(25,26)120(43)101(27,28)68-79)106-48-46-50-123(84-54-87(113-129(110-84)132-81-71-104(33,34)122(45)105(35,36)72-81)126(77-63-96(17,18)118(41)97(19,20)64-77)78-65-98(21,22)119(42)99(23,24)66-78)51-47-49-107-83-53-86(112-128(109-83)131-80-69-102(29,30)121(44)103(31,32)70-80)125(75-59-92(9,10)116(39)93(11,12)60-75)76-61-94(13,14)117(40)95(15,16)62-76/h52-54,73-81,111-113H,46-51,55-72H2,1-45H3,(H,106,108)(H,107,109). The number of amidine groups is 3. The van der Waals surface area contributed by atoms with E-state index in [2.05, 4.69) is 422 Å². The van der Waals surface area contributed by atoms with Crippen molar-refractivity contribution in [3.8, 4) is 0 Å². The Labute approximate surface area is 806 Å². The van der Waals surface area contributed by atoms with Gasteiger partial charge in [-0.05, 0) is 446 Å². The second-order valence-electron chi connectivity index (χ2n) is 55.4. The lowest BCUT2D eigenvalue weighted by Crippen LogP contribution is -2.69. The summed E-state index contributed by atoms with van der Waals surface area (Å²) >= 11 is 0. The van der Waals surface area contributed by atoms with Crippen LogP contribution in [0.1, 0.15) is 378 Å². The van der Waals surface area contributed by atoms with E-state index in [1.807, 2.05) is 10.6 Å².